The summed E-state index contributed by atoms with van der Waals surface area (Å²) in [5, 5.41) is 30.8. The number of carboxylic acid groups (broad SMARTS) is 1. The van der Waals surface area contributed by atoms with Crippen molar-refractivity contribution in [1.29, 1.82) is 5.41 Å². The first-order valence-electron chi connectivity index (χ1n) is 19.9. The molecule has 14 nitrogen and oxygen atoms in total. The highest BCUT2D eigenvalue weighted by atomic mass is 32.2. The summed E-state index contributed by atoms with van der Waals surface area (Å²) in [6.07, 6.45) is -0.335. The Hall–Kier alpha value is -5.41. The van der Waals surface area contributed by atoms with Crippen molar-refractivity contribution in [2.24, 2.45) is 17.6 Å². The Labute approximate surface area is 352 Å². The summed E-state index contributed by atoms with van der Waals surface area (Å²) in [7, 11) is 0. The molecule has 320 valence electrons. The van der Waals surface area contributed by atoms with Crippen molar-refractivity contribution in [2.75, 3.05) is 12.3 Å². The lowest BCUT2D eigenvalue weighted by Gasteiger charge is -2.36. The Morgan fingerprint density at radius 1 is 0.746 bits per heavy atom. The molecule has 4 atom stereocenters. The lowest BCUT2D eigenvalue weighted by Crippen LogP contribution is -2.58. The van der Waals surface area contributed by atoms with Gasteiger partial charge >= 0.3 is 12.1 Å². The van der Waals surface area contributed by atoms with E-state index in [1.165, 1.54) is 11.8 Å². The molecule has 0 bridgehead atoms. The van der Waals surface area contributed by atoms with Crippen LogP contribution in [0.2, 0.25) is 0 Å². The highest BCUT2D eigenvalue weighted by molar-refractivity contribution is 8.00. The van der Waals surface area contributed by atoms with Crippen LogP contribution in [0.4, 0.5) is 4.79 Å². The summed E-state index contributed by atoms with van der Waals surface area (Å²) >= 11 is 1.53. The van der Waals surface area contributed by atoms with Crippen LogP contribution < -0.4 is 32.3 Å². The van der Waals surface area contributed by atoms with E-state index < -0.39 is 70.2 Å². The molecule has 0 fully saturated rings. The zero-order chi connectivity index (χ0) is 43.8. The SMILES string of the molecule is CC(C)C[C@H](NC(=O)[C@@H](N)CSC(c1ccccc1)(c1ccccc1)c1ccccc1)C(=O)N[C@H](C(=O)N[C@@H](CCCNC(=N)NC(=O)OC(C)(C)C)C(=O)O)C(C)C. The zero-order valence-electron chi connectivity index (χ0n) is 35.0. The Morgan fingerprint density at radius 3 is 1.68 bits per heavy atom. The molecule has 0 saturated heterocycles. The van der Waals surface area contributed by atoms with E-state index in [2.05, 4.69) is 63.0 Å². The fourth-order valence-electron chi connectivity index (χ4n) is 6.32. The number of amides is 4. The predicted molar refractivity (Wildman–Crippen MR) is 232 cm³/mol. The van der Waals surface area contributed by atoms with Crippen molar-refractivity contribution < 1.29 is 33.8 Å². The quantitative estimate of drug-likeness (QED) is 0.0325. The number of hydrogen-bond acceptors (Lipinski definition) is 9. The molecule has 59 heavy (non-hydrogen) atoms. The minimum absolute atomic E-state index is 0.00537. The lowest BCUT2D eigenvalue weighted by atomic mass is 9.84. The van der Waals surface area contributed by atoms with Crippen molar-refractivity contribution >= 4 is 47.5 Å². The number of thioether (sulfide) groups is 1. The van der Waals surface area contributed by atoms with E-state index in [1.807, 2.05) is 68.4 Å². The van der Waals surface area contributed by atoms with Crippen LogP contribution in [-0.4, -0.2) is 82.9 Å². The standard InChI is InChI=1S/C44H61N7O7S/c1-28(2)26-35(38(53)50-36(29(3)4)39(54)48-34(40(55)56)24-17-25-47-41(46)51-42(57)58-43(5,6)7)49-37(52)33(45)27-59-44(30-18-11-8-12-19-30,31-20-13-9-14-21-31)32-22-15-10-16-23-32/h8-16,18-23,28-29,33-36H,17,24-27,45H2,1-7H3,(H,48,54)(H,49,52)(H,50,53)(H,55,56)(H3,46,47,51,57)/t33-,34-,35-,36-/m0/s1. The van der Waals surface area contributed by atoms with Crippen LogP contribution in [0.15, 0.2) is 91.0 Å². The predicted octanol–water partition coefficient (Wildman–Crippen LogP) is 5.11. The Balaban J connectivity index is 1.69. The molecule has 0 heterocycles. The van der Waals surface area contributed by atoms with Crippen LogP contribution in [0.25, 0.3) is 0 Å². The molecule has 0 aliphatic rings. The van der Waals surface area contributed by atoms with Gasteiger partial charge in [0.15, 0.2) is 5.96 Å². The van der Waals surface area contributed by atoms with Crippen molar-refractivity contribution in [3.8, 4) is 0 Å². The van der Waals surface area contributed by atoms with Gasteiger partial charge in [-0.25, -0.2) is 9.59 Å². The Bertz CT molecular complexity index is 1740. The zero-order valence-corrected chi connectivity index (χ0v) is 35.9. The normalized spacial score (nSPS) is 13.7. The Kier molecular flexibility index (Phi) is 18.4. The van der Waals surface area contributed by atoms with Gasteiger partial charge in [-0.3, -0.25) is 25.1 Å². The molecule has 0 unspecified atom stereocenters. The van der Waals surface area contributed by atoms with E-state index in [-0.39, 0.29) is 43.4 Å². The van der Waals surface area contributed by atoms with Crippen molar-refractivity contribution in [3.05, 3.63) is 108 Å². The molecule has 0 spiro atoms. The molecule has 4 amide bonds. The summed E-state index contributed by atoms with van der Waals surface area (Å²) in [5.74, 6) is -3.68. The van der Waals surface area contributed by atoms with Crippen LogP contribution in [0.5, 0.6) is 0 Å². The lowest BCUT2D eigenvalue weighted by molar-refractivity contribution is -0.142. The van der Waals surface area contributed by atoms with Gasteiger partial charge in [-0.05, 0) is 68.6 Å². The number of aliphatic carboxylic acids is 1. The number of carbonyl (C=O) groups excluding carboxylic acids is 4. The third kappa shape index (κ3) is 15.0. The topological polar surface area (TPSA) is 225 Å². The fraction of sp³-hybridized carbons (Fsp3) is 0.455. The van der Waals surface area contributed by atoms with Crippen LogP contribution in [0.1, 0.15) is 84.4 Å². The monoisotopic (exact) mass is 831 g/mol. The fourth-order valence-corrected chi connectivity index (χ4v) is 7.81. The number of rotatable bonds is 20. The first-order chi connectivity index (χ1) is 27.8. The number of benzene rings is 3. The smallest absolute Gasteiger partial charge is 0.414 e. The number of ether oxygens (including phenoxy) is 1. The average Bonchev–Trinajstić information content (AvgIpc) is 3.17. The molecular weight excluding hydrogens is 771 g/mol. The van der Waals surface area contributed by atoms with Crippen LogP contribution in [0.3, 0.4) is 0 Å². The number of carboxylic acids is 1. The molecule has 3 aromatic carbocycles. The maximum Gasteiger partial charge on any atom is 0.414 e. The second-order valence-electron chi connectivity index (χ2n) is 16.1. The average molecular weight is 832 g/mol. The van der Waals surface area contributed by atoms with E-state index in [1.54, 1.807) is 34.6 Å². The van der Waals surface area contributed by atoms with Crippen molar-refractivity contribution in [1.82, 2.24) is 26.6 Å². The van der Waals surface area contributed by atoms with E-state index in [4.69, 9.17) is 15.9 Å². The van der Waals surface area contributed by atoms with Crippen molar-refractivity contribution in [3.63, 3.8) is 0 Å². The molecule has 0 aliphatic carbocycles. The van der Waals surface area contributed by atoms with E-state index in [0.717, 1.165) is 16.7 Å². The summed E-state index contributed by atoms with van der Waals surface area (Å²) in [6, 6.07) is 25.6. The van der Waals surface area contributed by atoms with Gasteiger partial charge in [0.2, 0.25) is 17.7 Å². The molecule has 0 radical (unpaired) electrons. The maximum atomic E-state index is 13.8. The largest absolute Gasteiger partial charge is 0.480 e. The molecule has 9 N–H and O–H groups in total. The van der Waals surface area contributed by atoms with Gasteiger partial charge in [0.1, 0.15) is 23.7 Å². The third-order valence-electron chi connectivity index (χ3n) is 9.16. The second kappa shape index (κ2) is 22.7. The van der Waals surface area contributed by atoms with Gasteiger partial charge in [-0.2, -0.15) is 0 Å². The highest BCUT2D eigenvalue weighted by Gasteiger charge is 2.38. The first kappa shape index (κ1) is 48.0. The summed E-state index contributed by atoms with van der Waals surface area (Å²) in [5.41, 5.74) is 8.90. The van der Waals surface area contributed by atoms with E-state index >= 15 is 0 Å². The summed E-state index contributed by atoms with van der Waals surface area (Å²) < 4.78 is 4.40. The number of hydrogen-bond donors (Lipinski definition) is 8. The van der Waals surface area contributed by atoms with Gasteiger partial charge < -0.3 is 36.8 Å². The van der Waals surface area contributed by atoms with Crippen LogP contribution in [0, 0.1) is 17.2 Å². The third-order valence-corrected chi connectivity index (χ3v) is 10.8. The van der Waals surface area contributed by atoms with Gasteiger partial charge in [-0.15, -0.1) is 11.8 Å². The Morgan fingerprint density at radius 2 is 1.24 bits per heavy atom. The van der Waals surface area contributed by atoms with E-state index in [0.29, 0.717) is 0 Å². The summed E-state index contributed by atoms with van der Waals surface area (Å²) in [4.78, 5) is 65.2. The molecule has 0 aromatic heterocycles. The van der Waals surface area contributed by atoms with Gasteiger partial charge in [-0.1, -0.05) is 119 Å². The molecule has 3 aromatic rings. The van der Waals surface area contributed by atoms with Crippen LogP contribution >= 0.6 is 11.8 Å². The van der Waals surface area contributed by atoms with Gasteiger partial charge in [0, 0.05) is 12.3 Å². The molecule has 0 saturated carbocycles. The minimum Gasteiger partial charge on any atom is -0.480 e. The number of alkyl carbamates (subject to hydrolysis) is 1. The second-order valence-corrected chi connectivity index (χ2v) is 17.3. The highest BCUT2D eigenvalue weighted by Crippen LogP contribution is 2.48. The molecular formula is C44H61N7O7S. The molecule has 0 aliphatic heterocycles. The molecule has 15 heteroatoms. The minimum atomic E-state index is -1.30. The van der Waals surface area contributed by atoms with Gasteiger partial charge in [0.05, 0.1) is 10.8 Å². The van der Waals surface area contributed by atoms with Crippen LogP contribution in [-0.2, 0) is 28.7 Å². The number of nitrogens with two attached hydrogens (primary N) is 1. The summed E-state index contributed by atoms with van der Waals surface area (Å²) in [6.45, 7) is 12.4. The number of guanidine groups is 1. The van der Waals surface area contributed by atoms with Crippen molar-refractivity contribution in [2.45, 2.75) is 102 Å². The first-order valence-corrected chi connectivity index (χ1v) is 20.8. The van der Waals surface area contributed by atoms with Gasteiger partial charge in [0.25, 0.3) is 0 Å². The number of carbonyl (C=O) groups is 5. The van der Waals surface area contributed by atoms with E-state index in [9.17, 15) is 29.1 Å². The molecule has 3 rings (SSSR count). The maximum absolute atomic E-state index is 13.8. The number of nitrogens with one attached hydrogen (secondary N) is 6.